The monoisotopic (exact) mass is 398 g/mol. The number of carbonyl (C=O) groups excluding carboxylic acids is 2. The first-order valence-electron chi connectivity index (χ1n) is 9.88. The van der Waals surface area contributed by atoms with Gasteiger partial charge in [-0.3, -0.25) is 4.79 Å². The summed E-state index contributed by atoms with van der Waals surface area (Å²) in [4.78, 5) is 24.9. The zero-order chi connectivity index (χ0) is 21.4. The molecule has 0 fully saturated rings. The van der Waals surface area contributed by atoms with E-state index in [2.05, 4.69) is 38.3 Å². The van der Waals surface area contributed by atoms with Crippen LogP contribution in [0.15, 0.2) is 42.5 Å². The van der Waals surface area contributed by atoms with Gasteiger partial charge in [0.05, 0.1) is 12.2 Å². The SMILES string of the molecule is CC(C)c1cccc(C(C)C)c1NC(=O)COC(=O)c1ccccc1NCCO. The fourth-order valence-corrected chi connectivity index (χ4v) is 3.09. The minimum Gasteiger partial charge on any atom is -0.452 e. The quantitative estimate of drug-likeness (QED) is 0.553. The maximum absolute atomic E-state index is 12.5. The van der Waals surface area contributed by atoms with Gasteiger partial charge >= 0.3 is 5.97 Å². The van der Waals surface area contributed by atoms with Crippen molar-refractivity contribution in [2.45, 2.75) is 39.5 Å². The van der Waals surface area contributed by atoms with E-state index >= 15 is 0 Å². The van der Waals surface area contributed by atoms with E-state index in [1.807, 2.05) is 18.2 Å². The molecule has 2 aromatic carbocycles. The van der Waals surface area contributed by atoms with Crippen molar-refractivity contribution in [1.82, 2.24) is 0 Å². The summed E-state index contributed by atoms with van der Waals surface area (Å²) in [5.41, 5.74) is 3.77. The second kappa shape index (κ2) is 10.6. The lowest BCUT2D eigenvalue weighted by atomic mass is 9.92. The van der Waals surface area contributed by atoms with Crippen LogP contribution in [-0.4, -0.2) is 36.7 Å². The molecular formula is C23H30N2O4. The van der Waals surface area contributed by atoms with Gasteiger partial charge in [0.25, 0.3) is 5.91 Å². The van der Waals surface area contributed by atoms with Crippen LogP contribution in [0.1, 0.15) is 61.0 Å². The lowest BCUT2D eigenvalue weighted by Gasteiger charge is -2.20. The Labute approximate surface area is 172 Å². The third-order valence-corrected chi connectivity index (χ3v) is 4.55. The molecule has 0 bridgehead atoms. The highest BCUT2D eigenvalue weighted by Gasteiger charge is 2.18. The highest BCUT2D eigenvalue weighted by molar-refractivity contribution is 5.99. The lowest BCUT2D eigenvalue weighted by Crippen LogP contribution is -2.23. The molecule has 0 saturated heterocycles. The lowest BCUT2D eigenvalue weighted by molar-refractivity contribution is -0.119. The Morgan fingerprint density at radius 2 is 1.59 bits per heavy atom. The molecule has 0 aliphatic heterocycles. The van der Waals surface area contributed by atoms with Gasteiger partial charge in [-0.05, 0) is 35.1 Å². The normalized spacial score (nSPS) is 10.9. The number of aliphatic hydroxyl groups excluding tert-OH is 1. The predicted octanol–water partition coefficient (Wildman–Crippen LogP) is 4.13. The Hall–Kier alpha value is -2.86. The van der Waals surface area contributed by atoms with Crippen molar-refractivity contribution in [3.8, 4) is 0 Å². The zero-order valence-corrected chi connectivity index (χ0v) is 17.5. The average Bonchev–Trinajstić information content (AvgIpc) is 2.70. The van der Waals surface area contributed by atoms with Crippen LogP contribution >= 0.6 is 0 Å². The van der Waals surface area contributed by atoms with E-state index in [4.69, 9.17) is 9.84 Å². The van der Waals surface area contributed by atoms with E-state index in [0.717, 1.165) is 16.8 Å². The van der Waals surface area contributed by atoms with Gasteiger partial charge in [-0.25, -0.2) is 4.79 Å². The Bertz CT molecular complexity index is 820. The number of anilines is 2. The van der Waals surface area contributed by atoms with Gasteiger partial charge in [0, 0.05) is 17.9 Å². The van der Waals surface area contributed by atoms with E-state index < -0.39 is 5.97 Å². The van der Waals surface area contributed by atoms with Crippen molar-refractivity contribution in [1.29, 1.82) is 0 Å². The maximum Gasteiger partial charge on any atom is 0.340 e. The standard InChI is InChI=1S/C23H30N2O4/c1-15(2)17-9-7-10-18(16(3)4)22(17)25-21(27)14-29-23(28)19-8-5-6-11-20(19)24-12-13-26/h5-11,15-16,24,26H,12-14H2,1-4H3,(H,25,27). The van der Waals surface area contributed by atoms with Gasteiger partial charge in [-0.2, -0.15) is 0 Å². The molecule has 0 unspecified atom stereocenters. The largest absolute Gasteiger partial charge is 0.452 e. The highest BCUT2D eigenvalue weighted by atomic mass is 16.5. The summed E-state index contributed by atoms with van der Waals surface area (Å²) in [6.45, 7) is 8.18. The molecule has 0 spiro atoms. The molecule has 0 aromatic heterocycles. The first kappa shape index (κ1) is 22.4. The Morgan fingerprint density at radius 3 is 2.17 bits per heavy atom. The topological polar surface area (TPSA) is 87.7 Å². The van der Waals surface area contributed by atoms with Gasteiger partial charge in [-0.1, -0.05) is 58.0 Å². The second-order valence-electron chi connectivity index (χ2n) is 7.44. The number of nitrogens with one attached hydrogen (secondary N) is 2. The Morgan fingerprint density at radius 1 is 0.966 bits per heavy atom. The van der Waals surface area contributed by atoms with Crippen LogP contribution in [0.25, 0.3) is 0 Å². The van der Waals surface area contributed by atoms with Gasteiger partial charge in [0.1, 0.15) is 0 Å². The molecule has 0 radical (unpaired) electrons. The minimum absolute atomic E-state index is 0.0563. The van der Waals surface area contributed by atoms with Crippen LogP contribution in [0.4, 0.5) is 11.4 Å². The summed E-state index contributed by atoms with van der Waals surface area (Å²) in [5.74, 6) is -0.483. The average molecular weight is 399 g/mol. The van der Waals surface area contributed by atoms with E-state index in [0.29, 0.717) is 17.8 Å². The summed E-state index contributed by atoms with van der Waals surface area (Å²) in [6.07, 6.45) is 0. The third kappa shape index (κ3) is 6.06. The third-order valence-electron chi connectivity index (χ3n) is 4.55. The van der Waals surface area contributed by atoms with Gasteiger partial charge in [0.2, 0.25) is 0 Å². The van der Waals surface area contributed by atoms with Crippen LogP contribution in [-0.2, 0) is 9.53 Å². The number of hydrogen-bond acceptors (Lipinski definition) is 5. The van der Waals surface area contributed by atoms with Gasteiger partial charge in [-0.15, -0.1) is 0 Å². The van der Waals surface area contributed by atoms with E-state index in [9.17, 15) is 9.59 Å². The number of para-hydroxylation sites is 2. The van der Waals surface area contributed by atoms with Crippen LogP contribution in [0.3, 0.4) is 0 Å². The fraction of sp³-hybridized carbons (Fsp3) is 0.391. The molecule has 6 heteroatoms. The number of ether oxygens (including phenoxy) is 1. The molecular weight excluding hydrogens is 368 g/mol. The van der Waals surface area contributed by atoms with E-state index in [1.54, 1.807) is 24.3 Å². The van der Waals surface area contributed by atoms with Crippen molar-refractivity contribution in [3.05, 3.63) is 59.2 Å². The predicted molar refractivity (Wildman–Crippen MR) is 116 cm³/mol. The smallest absolute Gasteiger partial charge is 0.340 e. The first-order chi connectivity index (χ1) is 13.8. The van der Waals surface area contributed by atoms with Crippen LogP contribution in [0, 0.1) is 0 Å². The molecule has 3 N–H and O–H groups in total. The molecule has 0 aliphatic rings. The molecule has 29 heavy (non-hydrogen) atoms. The van der Waals surface area contributed by atoms with Crippen LogP contribution < -0.4 is 10.6 Å². The summed E-state index contributed by atoms with van der Waals surface area (Å²) in [7, 11) is 0. The number of aliphatic hydroxyl groups is 1. The highest BCUT2D eigenvalue weighted by Crippen LogP contribution is 2.32. The molecule has 2 aromatic rings. The molecule has 0 aliphatic carbocycles. The van der Waals surface area contributed by atoms with Crippen molar-refractivity contribution in [3.63, 3.8) is 0 Å². The number of benzene rings is 2. The molecule has 0 saturated carbocycles. The van der Waals surface area contributed by atoms with Crippen LogP contribution in [0.2, 0.25) is 0 Å². The summed E-state index contributed by atoms with van der Waals surface area (Å²) >= 11 is 0. The van der Waals surface area contributed by atoms with Crippen molar-refractivity contribution >= 4 is 23.3 Å². The number of rotatable bonds is 9. The van der Waals surface area contributed by atoms with Gasteiger partial charge < -0.3 is 20.5 Å². The summed E-state index contributed by atoms with van der Waals surface area (Å²) in [5, 5.41) is 14.9. The number of esters is 1. The Kier molecular flexibility index (Phi) is 8.21. The van der Waals surface area contributed by atoms with Crippen molar-refractivity contribution < 1.29 is 19.4 Å². The summed E-state index contributed by atoms with van der Waals surface area (Å²) in [6, 6.07) is 12.8. The zero-order valence-electron chi connectivity index (χ0n) is 17.5. The number of amides is 1. The minimum atomic E-state index is -0.595. The van der Waals surface area contributed by atoms with Crippen molar-refractivity contribution in [2.75, 3.05) is 30.4 Å². The second-order valence-corrected chi connectivity index (χ2v) is 7.44. The molecule has 1 amide bonds. The number of hydrogen-bond donors (Lipinski definition) is 3. The summed E-state index contributed by atoms with van der Waals surface area (Å²) < 4.78 is 5.23. The van der Waals surface area contributed by atoms with E-state index in [1.165, 1.54) is 0 Å². The Balaban J connectivity index is 2.09. The first-order valence-corrected chi connectivity index (χ1v) is 9.88. The molecule has 2 rings (SSSR count). The molecule has 156 valence electrons. The van der Waals surface area contributed by atoms with E-state index in [-0.39, 0.29) is 31.0 Å². The molecule has 6 nitrogen and oxygen atoms in total. The maximum atomic E-state index is 12.5. The van der Waals surface area contributed by atoms with Gasteiger partial charge in [0.15, 0.2) is 6.61 Å². The molecule has 0 heterocycles. The fourth-order valence-electron chi connectivity index (χ4n) is 3.09. The molecule has 0 atom stereocenters. The van der Waals surface area contributed by atoms with Crippen LogP contribution in [0.5, 0.6) is 0 Å². The van der Waals surface area contributed by atoms with Crippen molar-refractivity contribution in [2.24, 2.45) is 0 Å². The number of carbonyl (C=O) groups is 2.